The largest absolute Gasteiger partial charge is 0.497 e. The van der Waals surface area contributed by atoms with E-state index >= 15 is 0 Å². The van der Waals surface area contributed by atoms with Gasteiger partial charge in [0.15, 0.2) is 0 Å². The third kappa shape index (κ3) is 4.43. The van der Waals surface area contributed by atoms with Gasteiger partial charge >= 0.3 is 7.60 Å². The van der Waals surface area contributed by atoms with E-state index in [0.717, 1.165) is 30.6 Å². The van der Waals surface area contributed by atoms with Gasteiger partial charge in [0.2, 0.25) is 0 Å². The molecule has 22 heavy (non-hydrogen) atoms. The van der Waals surface area contributed by atoms with Crippen molar-refractivity contribution in [2.45, 2.75) is 31.5 Å². The summed E-state index contributed by atoms with van der Waals surface area (Å²) in [6.45, 7) is 0. The second-order valence-corrected chi connectivity index (χ2v) is 7.22. The minimum Gasteiger partial charge on any atom is -0.497 e. The summed E-state index contributed by atoms with van der Waals surface area (Å²) in [5.74, 6) is 2.31. The summed E-state index contributed by atoms with van der Waals surface area (Å²) in [5, 5.41) is 0. The van der Waals surface area contributed by atoms with Crippen molar-refractivity contribution in [1.29, 1.82) is 0 Å². The Labute approximate surface area is 131 Å². The van der Waals surface area contributed by atoms with Crippen LogP contribution in [-0.2, 0) is 18.3 Å². The van der Waals surface area contributed by atoms with E-state index in [1.165, 1.54) is 20.0 Å². The molecule has 0 aliphatic carbocycles. The van der Waals surface area contributed by atoms with Crippen molar-refractivity contribution < 1.29 is 23.1 Å². The first-order chi connectivity index (χ1) is 10.6. The molecule has 0 unspecified atom stereocenters. The maximum Gasteiger partial charge on any atom is 0.353 e. The van der Waals surface area contributed by atoms with Crippen LogP contribution < -0.4 is 4.74 Å². The Morgan fingerprint density at radius 1 is 1.14 bits per heavy atom. The highest BCUT2D eigenvalue weighted by molar-refractivity contribution is 7.57. The molecule has 1 aliphatic heterocycles. The molecule has 0 aromatic heterocycles. The molecule has 1 aromatic carbocycles. The van der Waals surface area contributed by atoms with Crippen molar-refractivity contribution in [1.82, 2.24) is 0 Å². The van der Waals surface area contributed by atoms with E-state index in [1.807, 2.05) is 24.3 Å². The number of methoxy groups -OCH3 is 1. The lowest BCUT2D eigenvalue weighted by Crippen LogP contribution is -2.20. The Morgan fingerprint density at radius 2 is 1.82 bits per heavy atom. The van der Waals surface area contributed by atoms with E-state index in [0.29, 0.717) is 0 Å². The van der Waals surface area contributed by atoms with Crippen LogP contribution in [0.2, 0.25) is 0 Å². The van der Waals surface area contributed by atoms with Crippen LogP contribution in [0.1, 0.15) is 30.9 Å². The van der Waals surface area contributed by atoms with Gasteiger partial charge in [-0.2, -0.15) is 0 Å². The molecule has 1 heterocycles. The normalized spacial score (nSPS) is 22.9. The predicted octanol–water partition coefficient (Wildman–Crippen LogP) is 4.31. The predicted molar refractivity (Wildman–Crippen MR) is 85.2 cm³/mol. The summed E-state index contributed by atoms with van der Waals surface area (Å²) < 4.78 is 33.0. The highest BCUT2D eigenvalue weighted by atomic mass is 31.2. The van der Waals surface area contributed by atoms with Crippen molar-refractivity contribution >= 4 is 7.60 Å². The van der Waals surface area contributed by atoms with E-state index in [1.54, 1.807) is 13.2 Å². The quantitative estimate of drug-likeness (QED) is 0.729. The van der Waals surface area contributed by atoms with Crippen LogP contribution in [0, 0.1) is 0 Å². The lowest BCUT2D eigenvalue weighted by molar-refractivity contribution is -0.0267. The summed E-state index contributed by atoms with van der Waals surface area (Å²) in [6, 6.07) is 7.90. The first-order valence-corrected chi connectivity index (χ1v) is 8.91. The minimum absolute atomic E-state index is 0.0405. The van der Waals surface area contributed by atoms with Crippen LogP contribution in [0.4, 0.5) is 0 Å². The molecule has 5 nitrogen and oxygen atoms in total. The van der Waals surface area contributed by atoms with Crippen LogP contribution in [0.25, 0.3) is 0 Å². The molecule has 0 radical (unpaired) electrons. The van der Waals surface area contributed by atoms with Crippen molar-refractivity contribution in [3.63, 3.8) is 0 Å². The van der Waals surface area contributed by atoms with Crippen molar-refractivity contribution in [2.24, 2.45) is 0 Å². The molecule has 0 bridgehead atoms. The summed E-state index contributed by atoms with van der Waals surface area (Å²) in [4.78, 5) is 0. The van der Waals surface area contributed by atoms with Crippen LogP contribution >= 0.6 is 7.60 Å². The Balaban J connectivity index is 2.02. The van der Waals surface area contributed by atoms with E-state index in [4.69, 9.17) is 18.5 Å². The van der Waals surface area contributed by atoms with Gasteiger partial charge in [0.25, 0.3) is 0 Å². The van der Waals surface area contributed by atoms with Crippen LogP contribution in [0.5, 0.6) is 5.75 Å². The van der Waals surface area contributed by atoms with Crippen LogP contribution in [0.15, 0.2) is 36.2 Å². The highest BCUT2D eigenvalue weighted by Crippen LogP contribution is 2.48. The standard InChI is InChI=1S/C16H23O5P/c1-18-14-9-7-13(8-10-14)16-6-4-5-15(21-16)11-12-22(17,19-2)20-3/h7-12,15-16H,4-6H2,1-3H3/b12-11+/t15-,16+/m1/s1. The monoisotopic (exact) mass is 326 g/mol. The smallest absolute Gasteiger partial charge is 0.353 e. The molecular formula is C16H23O5P. The van der Waals surface area contributed by atoms with Gasteiger partial charge in [-0.15, -0.1) is 0 Å². The number of ether oxygens (including phenoxy) is 2. The maximum absolute atomic E-state index is 12.0. The minimum atomic E-state index is -3.13. The Morgan fingerprint density at radius 3 is 2.41 bits per heavy atom. The molecule has 122 valence electrons. The lowest BCUT2D eigenvalue weighted by atomic mass is 9.98. The number of benzene rings is 1. The molecule has 0 spiro atoms. The third-order valence-corrected chi connectivity index (χ3v) is 5.33. The topological polar surface area (TPSA) is 54.0 Å². The fraction of sp³-hybridized carbons (Fsp3) is 0.500. The van der Waals surface area contributed by atoms with Gasteiger partial charge in [0, 0.05) is 20.0 Å². The van der Waals surface area contributed by atoms with E-state index in [-0.39, 0.29) is 12.2 Å². The third-order valence-electron chi connectivity index (χ3n) is 3.77. The molecule has 0 N–H and O–H groups in total. The van der Waals surface area contributed by atoms with E-state index in [2.05, 4.69) is 0 Å². The highest BCUT2D eigenvalue weighted by Gasteiger charge is 2.24. The first kappa shape index (κ1) is 17.2. The first-order valence-electron chi connectivity index (χ1n) is 7.30. The summed E-state index contributed by atoms with van der Waals surface area (Å²) in [5.41, 5.74) is 1.13. The average Bonchev–Trinajstić information content (AvgIpc) is 2.60. The molecule has 6 heteroatoms. The zero-order valence-corrected chi connectivity index (χ0v) is 14.1. The Kier molecular flexibility index (Phi) is 6.21. The van der Waals surface area contributed by atoms with Gasteiger partial charge in [0.1, 0.15) is 5.75 Å². The summed E-state index contributed by atoms with van der Waals surface area (Å²) >= 11 is 0. The van der Waals surface area contributed by atoms with Gasteiger partial charge in [-0.25, -0.2) is 0 Å². The Bertz CT molecular complexity index is 532. The molecule has 2 rings (SSSR count). The van der Waals surface area contributed by atoms with Crippen molar-refractivity contribution in [3.8, 4) is 5.75 Å². The molecular weight excluding hydrogens is 303 g/mol. The second kappa shape index (κ2) is 7.93. The Hall–Kier alpha value is -1.13. The van der Waals surface area contributed by atoms with Gasteiger partial charge in [-0.3, -0.25) is 4.57 Å². The zero-order valence-electron chi connectivity index (χ0n) is 13.2. The molecule has 1 aromatic rings. The maximum atomic E-state index is 12.0. The molecule has 1 aliphatic rings. The van der Waals surface area contributed by atoms with Crippen molar-refractivity contribution in [2.75, 3.05) is 21.3 Å². The number of hydrogen-bond donors (Lipinski definition) is 0. The van der Waals surface area contributed by atoms with Crippen LogP contribution in [0.3, 0.4) is 0 Å². The fourth-order valence-electron chi connectivity index (χ4n) is 2.45. The van der Waals surface area contributed by atoms with Crippen molar-refractivity contribution in [3.05, 3.63) is 41.7 Å². The molecule has 2 atom stereocenters. The fourth-order valence-corrected chi connectivity index (χ4v) is 3.25. The lowest BCUT2D eigenvalue weighted by Gasteiger charge is -2.29. The van der Waals surface area contributed by atoms with Gasteiger partial charge < -0.3 is 18.5 Å². The summed E-state index contributed by atoms with van der Waals surface area (Å²) in [7, 11) is 1.27. The summed E-state index contributed by atoms with van der Waals surface area (Å²) in [6.07, 6.45) is 4.66. The van der Waals surface area contributed by atoms with Gasteiger partial charge in [-0.1, -0.05) is 12.1 Å². The number of rotatable bonds is 6. The molecule has 1 saturated heterocycles. The van der Waals surface area contributed by atoms with E-state index < -0.39 is 7.60 Å². The van der Waals surface area contributed by atoms with Gasteiger partial charge in [0.05, 0.1) is 19.3 Å². The zero-order chi connectivity index (χ0) is 16.0. The van der Waals surface area contributed by atoms with Crippen LogP contribution in [-0.4, -0.2) is 27.4 Å². The van der Waals surface area contributed by atoms with E-state index in [9.17, 15) is 4.57 Å². The number of hydrogen-bond acceptors (Lipinski definition) is 5. The molecule has 0 saturated carbocycles. The van der Waals surface area contributed by atoms with Gasteiger partial charge in [-0.05, 0) is 43.0 Å². The molecule has 0 amide bonds. The second-order valence-electron chi connectivity index (χ2n) is 5.11. The molecule has 1 fully saturated rings. The SMILES string of the molecule is COc1ccc([C@@H]2CCC[C@H](/C=C/P(=O)(OC)OC)O2)cc1. The average molecular weight is 326 g/mol.